The predicted octanol–water partition coefficient (Wildman–Crippen LogP) is 3.84. The molecule has 4 rings (SSSR count). The topological polar surface area (TPSA) is 38.2 Å². The van der Waals surface area contributed by atoms with Gasteiger partial charge >= 0.3 is 0 Å². The van der Waals surface area contributed by atoms with Crippen LogP contribution in [-0.2, 0) is 19.4 Å². The maximum Gasteiger partial charge on any atom is 0.208 e. The van der Waals surface area contributed by atoms with Gasteiger partial charge in [-0.1, -0.05) is 41.7 Å². The lowest BCUT2D eigenvalue weighted by molar-refractivity contribution is 0.407. The molecule has 25 heavy (non-hydrogen) atoms. The first kappa shape index (κ1) is 16.0. The van der Waals surface area contributed by atoms with Gasteiger partial charge in [-0.2, -0.15) is 0 Å². The molecule has 0 amide bonds. The molecule has 1 aliphatic rings. The van der Waals surface area contributed by atoms with E-state index in [1.807, 2.05) is 18.2 Å². The summed E-state index contributed by atoms with van der Waals surface area (Å²) in [5.41, 5.74) is 3.19. The van der Waals surface area contributed by atoms with Crippen LogP contribution >= 0.6 is 11.3 Å². The third-order valence-electron chi connectivity index (χ3n) is 4.47. The first-order valence-corrected chi connectivity index (χ1v) is 9.01. The van der Waals surface area contributed by atoms with Gasteiger partial charge in [0.05, 0.1) is 7.11 Å². The number of rotatable bonds is 4. The molecule has 0 N–H and O–H groups in total. The van der Waals surface area contributed by atoms with Gasteiger partial charge in [-0.3, -0.25) is 0 Å². The van der Waals surface area contributed by atoms with Crippen molar-refractivity contribution in [3.63, 3.8) is 0 Å². The van der Waals surface area contributed by atoms with E-state index in [0.29, 0.717) is 12.0 Å². The van der Waals surface area contributed by atoms with E-state index >= 15 is 0 Å². The van der Waals surface area contributed by atoms with Crippen LogP contribution in [0.1, 0.15) is 21.7 Å². The van der Waals surface area contributed by atoms with Gasteiger partial charge in [0.25, 0.3) is 0 Å². The van der Waals surface area contributed by atoms with Crippen molar-refractivity contribution in [3.8, 4) is 5.75 Å². The second kappa shape index (κ2) is 6.80. The van der Waals surface area contributed by atoms with Crippen LogP contribution in [0.15, 0.2) is 42.5 Å². The number of nitrogens with zero attached hydrogens (tertiary/aromatic N) is 3. The van der Waals surface area contributed by atoms with Crippen molar-refractivity contribution in [1.82, 2.24) is 10.2 Å². The van der Waals surface area contributed by atoms with Crippen molar-refractivity contribution in [3.05, 3.63) is 70.0 Å². The Kier molecular flexibility index (Phi) is 4.36. The van der Waals surface area contributed by atoms with Gasteiger partial charge in [0, 0.05) is 25.1 Å². The molecular weight excluding hydrogens is 337 g/mol. The van der Waals surface area contributed by atoms with Gasteiger partial charge in [0.2, 0.25) is 5.13 Å². The zero-order chi connectivity index (χ0) is 17.2. The molecule has 128 valence electrons. The second-order valence-corrected chi connectivity index (χ2v) is 7.06. The molecule has 1 aromatic heterocycles. The highest BCUT2D eigenvalue weighted by Gasteiger charge is 2.22. The molecule has 0 atom stereocenters. The Morgan fingerprint density at radius 1 is 1.16 bits per heavy atom. The highest BCUT2D eigenvalue weighted by molar-refractivity contribution is 7.15. The molecule has 4 nitrogen and oxygen atoms in total. The minimum atomic E-state index is -0.196. The van der Waals surface area contributed by atoms with Crippen LogP contribution in [0.25, 0.3) is 0 Å². The summed E-state index contributed by atoms with van der Waals surface area (Å²) in [4.78, 5) is 2.23. The number of aromatic nitrogens is 2. The van der Waals surface area contributed by atoms with Crippen LogP contribution in [0, 0.1) is 5.82 Å². The fraction of sp³-hybridized carbons (Fsp3) is 0.263. The number of anilines is 1. The van der Waals surface area contributed by atoms with E-state index in [9.17, 15) is 4.39 Å². The van der Waals surface area contributed by atoms with E-state index in [2.05, 4.69) is 21.2 Å². The maximum absolute atomic E-state index is 13.8. The molecular formula is C19H18FN3OS. The van der Waals surface area contributed by atoms with Crippen molar-refractivity contribution in [2.24, 2.45) is 0 Å². The zero-order valence-electron chi connectivity index (χ0n) is 13.9. The lowest BCUT2D eigenvalue weighted by Crippen LogP contribution is -2.30. The van der Waals surface area contributed by atoms with Gasteiger partial charge in [-0.15, -0.1) is 10.2 Å². The van der Waals surface area contributed by atoms with Crippen molar-refractivity contribution in [2.75, 3.05) is 18.6 Å². The summed E-state index contributed by atoms with van der Waals surface area (Å²) < 4.78 is 19.3. The molecule has 3 aromatic rings. The molecule has 0 radical (unpaired) electrons. The summed E-state index contributed by atoms with van der Waals surface area (Å²) in [5.74, 6) is 0.757. The summed E-state index contributed by atoms with van der Waals surface area (Å²) >= 11 is 1.53. The highest BCUT2D eigenvalue weighted by Crippen LogP contribution is 2.32. The van der Waals surface area contributed by atoms with E-state index in [1.54, 1.807) is 19.2 Å². The molecule has 0 spiro atoms. The minimum absolute atomic E-state index is 0.196. The van der Waals surface area contributed by atoms with Crippen molar-refractivity contribution in [2.45, 2.75) is 19.4 Å². The Hall–Kier alpha value is -2.47. The summed E-state index contributed by atoms with van der Waals surface area (Å²) in [6.45, 7) is 1.67. The van der Waals surface area contributed by atoms with Crippen LogP contribution in [-0.4, -0.2) is 23.9 Å². The number of ether oxygens (including phenoxy) is 1. The number of hydrogen-bond donors (Lipinski definition) is 0. The van der Waals surface area contributed by atoms with Crippen molar-refractivity contribution in [1.29, 1.82) is 0 Å². The van der Waals surface area contributed by atoms with Crippen LogP contribution in [0.5, 0.6) is 5.75 Å². The molecule has 2 heterocycles. The molecule has 0 fully saturated rings. The summed E-state index contributed by atoms with van der Waals surface area (Å²) in [6, 6.07) is 13.0. The third kappa shape index (κ3) is 3.22. The fourth-order valence-corrected chi connectivity index (χ4v) is 4.06. The molecule has 0 unspecified atom stereocenters. The van der Waals surface area contributed by atoms with Gasteiger partial charge in [-0.25, -0.2) is 4.39 Å². The molecule has 0 saturated carbocycles. The zero-order valence-corrected chi connectivity index (χ0v) is 14.7. The second-order valence-electron chi connectivity index (χ2n) is 6.02. The Labute approximate surface area is 149 Å². The van der Waals surface area contributed by atoms with Crippen molar-refractivity contribution >= 4 is 16.5 Å². The Bertz CT molecular complexity index is 896. The van der Waals surface area contributed by atoms with Gasteiger partial charge in [0.15, 0.2) is 0 Å². The normalized spacial score (nSPS) is 13.6. The van der Waals surface area contributed by atoms with E-state index in [1.165, 1.54) is 28.5 Å². The van der Waals surface area contributed by atoms with Crippen LogP contribution < -0.4 is 9.64 Å². The number of hydrogen-bond acceptors (Lipinski definition) is 5. The summed E-state index contributed by atoms with van der Waals surface area (Å²) in [7, 11) is 1.71. The van der Waals surface area contributed by atoms with Gasteiger partial charge < -0.3 is 9.64 Å². The van der Waals surface area contributed by atoms with E-state index in [4.69, 9.17) is 4.74 Å². The monoisotopic (exact) mass is 355 g/mol. The lowest BCUT2D eigenvalue weighted by Gasteiger charge is -2.29. The molecule has 2 aromatic carbocycles. The molecule has 0 saturated heterocycles. The largest absolute Gasteiger partial charge is 0.496 e. The predicted molar refractivity (Wildman–Crippen MR) is 96.9 cm³/mol. The van der Waals surface area contributed by atoms with Crippen LogP contribution in [0.4, 0.5) is 9.52 Å². The first-order valence-electron chi connectivity index (χ1n) is 8.20. The van der Waals surface area contributed by atoms with Crippen molar-refractivity contribution < 1.29 is 9.13 Å². The van der Waals surface area contributed by atoms with E-state index in [-0.39, 0.29) is 5.82 Å². The standard InChI is InChI=1S/C19H18FN3OS/c1-24-17-8-4-6-14-12-23(10-9-15(14)17)19-22-21-18(25-19)11-13-5-2-3-7-16(13)20/h2-8H,9-12H2,1H3. The van der Waals surface area contributed by atoms with Crippen LogP contribution in [0.2, 0.25) is 0 Å². The number of methoxy groups -OCH3 is 1. The summed E-state index contributed by atoms with van der Waals surface area (Å²) in [5, 5.41) is 10.3. The molecule has 1 aliphatic heterocycles. The number of benzene rings is 2. The van der Waals surface area contributed by atoms with E-state index in [0.717, 1.165) is 35.4 Å². The Balaban J connectivity index is 1.52. The third-order valence-corrected chi connectivity index (χ3v) is 5.45. The number of fused-ring (bicyclic) bond motifs is 1. The van der Waals surface area contributed by atoms with Gasteiger partial charge in [-0.05, 0) is 29.7 Å². The van der Waals surface area contributed by atoms with E-state index < -0.39 is 0 Å². The quantitative estimate of drug-likeness (QED) is 0.713. The molecule has 0 aliphatic carbocycles. The SMILES string of the molecule is COc1cccc2c1CCN(c1nnc(Cc3ccccc3F)s1)C2. The summed E-state index contributed by atoms with van der Waals surface area (Å²) in [6.07, 6.45) is 1.39. The average Bonchev–Trinajstić information content (AvgIpc) is 3.11. The Morgan fingerprint density at radius 2 is 2.04 bits per heavy atom. The molecule has 6 heteroatoms. The smallest absolute Gasteiger partial charge is 0.208 e. The lowest BCUT2D eigenvalue weighted by atomic mass is 9.99. The first-order chi connectivity index (χ1) is 12.2. The average molecular weight is 355 g/mol. The highest BCUT2D eigenvalue weighted by atomic mass is 32.1. The Morgan fingerprint density at radius 3 is 2.88 bits per heavy atom. The number of halogens is 1. The fourth-order valence-electron chi connectivity index (χ4n) is 3.18. The van der Waals surface area contributed by atoms with Crippen LogP contribution in [0.3, 0.4) is 0 Å². The van der Waals surface area contributed by atoms with Gasteiger partial charge in [0.1, 0.15) is 16.6 Å². The molecule has 0 bridgehead atoms. The maximum atomic E-state index is 13.8. The minimum Gasteiger partial charge on any atom is -0.496 e.